The Labute approximate surface area is 140 Å². The molecule has 0 unspecified atom stereocenters. The molecule has 0 fully saturated rings. The number of hydrogen-bond acceptors (Lipinski definition) is 5. The highest BCUT2D eigenvalue weighted by molar-refractivity contribution is 6.09. The number of anilines is 1. The van der Waals surface area contributed by atoms with E-state index in [0.717, 1.165) is 37.1 Å². The van der Waals surface area contributed by atoms with E-state index in [2.05, 4.69) is 11.4 Å². The number of nitriles is 1. The minimum Gasteiger partial charge on any atom is -0.359 e. The van der Waals surface area contributed by atoms with Gasteiger partial charge in [-0.1, -0.05) is 6.07 Å². The van der Waals surface area contributed by atoms with Crippen LogP contribution >= 0.6 is 0 Å². The maximum Gasteiger partial charge on any atom is 0.181 e. The predicted octanol–water partition coefficient (Wildman–Crippen LogP) is 2.90. The molecule has 0 saturated heterocycles. The summed E-state index contributed by atoms with van der Waals surface area (Å²) in [5.74, 6) is 0.104. The number of hydrogen-bond donors (Lipinski definition) is 1. The van der Waals surface area contributed by atoms with Gasteiger partial charge in [-0.3, -0.25) is 9.59 Å². The van der Waals surface area contributed by atoms with Crippen LogP contribution in [0.2, 0.25) is 0 Å². The molecule has 1 aromatic carbocycles. The van der Waals surface area contributed by atoms with Crippen LogP contribution < -0.4 is 10.2 Å². The second kappa shape index (κ2) is 5.64. The first-order valence-corrected chi connectivity index (χ1v) is 8.29. The Morgan fingerprint density at radius 3 is 2.17 bits per heavy atom. The Kier molecular flexibility index (Phi) is 3.46. The molecule has 1 aliphatic heterocycles. The van der Waals surface area contributed by atoms with Gasteiger partial charge in [0.05, 0.1) is 11.6 Å². The summed E-state index contributed by atoms with van der Waals surface area (Å²) in [5.41, 5.74) is 4.18. The largest absolute Gasteiger partial charge is 0.359 e. The minimum atomic E-state index is 0.0519. The van der Waals surface area contributed by atoms with Crippen LogP contribution in [0.25, 0.3) is 0 Å². The smallest absolute Gasteiger partial charge is 0.181 e. The van der Waals surface area contributed by atoms with Crippen molar-refractivity contribution in [1.82, 2.24) is 5.32 Å². The van der Waals surface area contributed by atoms with Crippen molar-refractivity contribution in [3.05, 3.63) is 52.6 Å². The monoisotopic (exact) mass is 319 g/mol. The number of nitrogens with one attached hydrogen (secondary N) is 1. The fraction of sp³-hybridized carbons (Fsp3) is 0.316. The van der Waals surface area contributed by atoms with Crippen LogP contribution in [0.5, 0.6) is 0 Å². The van der Waals surface area contributed by atoms with Crippen molar-refractivity contribution in [2.75, 3.05) is 4.90 Å². The third-order valence-corrected chi connectivity index (χ3v) is 4.74. The van der Waals surface area contributed by atoms with Crippen molar-refractivity contribution < 1.29 is 9.59 Å². The average molecular weight is 319 g/mol. The van der Waals surface area contributed by atoms with Crippen molar-refractivity contribution in [1.29, 1.82) is 5.26 Å². The minimum absolute atomic E-state index is 0.0519. The van der Waals surface area contributed by atoms with Gasteiger partial charge >= 0.3 is 0 Å². The Balaban J connectivity index is 1.92. The van der Waals surface area contributed by atoms with Gasteiger partial charge in [0.25, 0.3) is 0 Å². The van der Waals surface area contributed by atoms with Crippen LogP contribution in [-0.2, 0) is 9.59 Å². The molecule has 0 aromatic heterocycles. The topological polar surface area (TPSA) is 73.2 Å². The van der Waals surface area contributed by atoms with Gasteiger partial charge in [0.2, 0.25) is 0 Å². The number of nitrogens with zero attached hydrogens (tertiary/aromatic N) is 2. The summed E-state index contributed by atoms with van der Waals surface area (Å²) in [5, 5.41) is 12.5. The maximum atomic E-state index is 12.6. The quantitative estimate of drug-likeness (QED) is 0.861. The van der Waals surface area contributed by atoms with Crippen molar-refractivity contribution in [3.63, 3.8) is 0 Å². The zero-order valence-corrected chi connectivity index (χ0v) is 13.3. The van der Waals surface area contributed by atoms with Crippen LogP contribution in [0.1, 0.15) is 44.1 Å². The lowest BCUT2D eigenvalue weighted by Crippen LogP contribution is -2.43. The first-order chi connectivity index (χ1) is 11.7. The van der Waals surface area contributed by atoms with E-state index in [9.17, 15) is 14.9 Å². The van der Waals surface area contributed by atoms with Crippen molar-refractivity contribution in [2.45, 2.75) is 38.5 Å². The summed E-state index contributed by atoms with van der Waals surface area (Å²) >= 11 is 0. The molecule has 5 nitrogen and oxygen atoms in total. The molecule has 120 valence electrons. The lowest BCUT2D eigenvalue weighted by Gasteiger charge is -2.40. The zero-order chi connectivity index (χ0) is 16.7. The Hall–Kier alpha value is -2.87. The third kappa shape index (κ3) is 2.23. The highest BCUT2D eigenvalue weighted by Crippen LogP contribution is 2.39. The van der Waals surface area contributed by atoms with Crippen molar-refractivity contribution in [3.8, 4) is 6.07 Å². The Morgan fingerprint density at radius 1 is 0.958 bits per heavy atom. The number of Topliss-reactive ketones (excluding diaryl/α,β-unsaturated/α-hetero) is 2. The first kappa shape index (κ1) is 14.7. The van der Waals surface area contributed by atoms with Crippen LogP contribution in [-0.4, -0.2) is 11.6 Å². The van der Waals surface area contributed by atoms with Gasteiger partial charge in [-0.15, -0.1) is 0 Å². The van der Waals surface area contributed by atoms with Gasteiger partial charge in [-0.2, -0.15) is 5.26 Å². The second-order valence-electron chi connectivity index (χ2n) is 6.33. The van der Waals surface area contributed by atoms with Crippen LogP contribution in [0.15, 0.2) is 47.1 Å². The molecule has 0 saturated carbocycles. The maximum absolute atomic E-state index is 12.6. The Bertz CT molecular complexity index is 816. The van der Waals surface area contributed by atoms with Crippen molar-refractivity contribution in [2.24, 2.45) is 0 Å². The van der Waals surface area contributed by atoms with E-state index >= 15 is 0 Å². The summed E-state index contributed by atoms with van der Waals surface area (Å²) in [6.07, 6.45) is 4.25. The molecular formula is C19H17N3O2. The molecular weight excluding hydrogens is 302 g/mol. The summed E-state index contributed by atoms with van der Waals surface area (Å²) < 4.78 is 0. The molecule has 3 aliphatic rings. The van der Waals surface area contributed by atoms with Gasteiger partial charge in [-0.05, 0) is 43.9 Å². The highest BCUT2D eigenvalue weighted by atomic mass is 16.1. The van der Waals surface area contributed by atoms with Crippen LogP contribution in [0, 0.1) is 11.3 Å². The molecule has 2 aliphatic carbocycles. The SMILES string of the molecule is N#Cc1cccc(N2C3=C(CCCC3=O)NC3=C2C(=O)CCC3)c1. The van der Waals surface area contributed by atoms with Crippen LogP contribution in [0.3, 0.4) is 0 Å². The summed E-state index contributed by atoms with van der Waals surface area (Å²) in [6, 6.07) is 9.23. The third-order valence-electron chi connectivity index (χ3n) is 4.74. The molecule has 1 heterocycles. The zero-order valence-electron chi connectivity index (χ0n) is 13.3. The summed E-state index contributed by atoms with van der Waals surface area (Å²) in [7, 11) is 0. The molecule has 24 heavy (non-hydrogen) atoms. The molecule has 1 N–H and O–H groups in total. The molecule has 4 rings (SSSR count). The molecule has 0 radical (unpaired) electrons. The number of benzene rings is 1. The van der Waals surface area contributed by atoms with E-state index < -0.39 is 0 Å². The van der Waals surface area contributed by atoms with Gasteiger partial charge in [0, 0.05) is 29.9 Å². The highest BCUT2D eigenvalue weighted by Gasteiger charge is 2.38. The summed E-state index contributed by atoms with van der Waals surface area (Å²) in [4.78, 5) is 27.0. The van der Waals surface area contributed by atoms with Gasteiger partial charge < -0.3 is 10.2 Å². The van der Waals surface area contributed by atoms with Gasteiger partial charge in [0.1, 0.15) is 11.4 Å². The second-order valence-corrected chi connectivity index (χ2v) is 6.33. The van der Waals surface area contributed by atoms with E-state index in [1.165, 1.54) is 0 Å². The van der Waals surface area contributed by atoms with E-state index in [-0.39, 0.29) is 11.6 Å². The molecule has 0 amide bonds. The number of carbonyl (C=O) groups is 2. The molecule has 0 atom stereocenters. The molecule has 0 spiro atoms. The predicted molar refractivity (Wildman–Crippen MR) is 88.5 cm³/mol. The van der Waals surface area contributed by atoms with E-state index in [1.807, 2.05) is 6.07 Å². The molecule has 5 heteroatoms. The van der Waals surface area contributed by atoms with Gasteiger partial charge in [0.15, 0.2) is 11.6 Å². The lowest BCUT2D eigenvalue weighted by atomic mass is 9.90. The average Bonchev–Trinajstić information content (AvgIpc) is 2.60. The molecule has 1 aromatic rings. The Morgan fingerprint density at radius 2 is 1.58 bits per heavy atom. The lowest BCUT2D eigenvalue weighted by molar-refractivity contribution is -0.116. The number of rotatable bonds is 1. The number of allylic oxidation sites excluding steroid dienone is 4. The fourth-order valence-electron chi connectivity index (χ4n) is 3.69. The van der Waals surface area contributed by atoms with E-state index in [0.29, 0.717) is 35.5 Å². The first-order valence-electron chi connectivity index (χ1n) is 8.29. The fourth-order valence-corrected chi connectivity index (χ4v) is 3.69. The number of carbonyl (C=O) groups excluding carboxylic acids is 2. The van der Waals surface area contributed by atoms with E-state index in [4.69, 9.17) is 0 Å². The molecule has 0 bridgehead atoms. The van der Waals surface area contributed by atoms with E-state index in [1.54, 1.807) is 23.1 Å². The van der Waals surface area contributed by atoms with Crippen LogP contribution in [0.4, 0.5) is 5.69 Å². The van der Waals surface area contributed by atoms with Gasteiger partial charge in [-0.25, -0.2) is 0 Å². The van der Waals surface area contributed by atoms with Crippen molar-refractivity contribution >= 4 is 17.3 Å². The summed E-state index contributed by atoms with van der Waals surface area (Å²) in [6.45, 7) is 0. The number of ketones is 2. The normalized spacial score (nSPS) is 20.4. The standard InChI is InChI=1S/C19H17N3O2/c20-11-12-4-1-5-13(10-12)22-18-14(6-2-8-16(18)23)21-15-7-3-9-17(24)19(15)22/h1,4-5,10,21H,2-3,6-9H2.